The van der Waals surface area contributed by atoms with Crippen LogP contribution in [0.5, 0.6) is 0 Å². The van der Waals surface area contributed by atoms with Crippen LogP contribution in [0.4, 0.5) is 0 Å². The van der Waals surface area contributed by atoms with Gasteiger partial charge in [0.15, 0.2) is 0 Å². The van der Waals surface area contributed by atoms with Crippen LogP contribution in [0.3, 0.4) is 0 Å². The van der Waals surface area contributed by atoms with E-state index in [0.717, 1.165) is 29.9 Å². The fourth-order valence-electron chi connectivity index (χ4n) is 3.06. The number of aromatic nitrogens is 5. The SMILES string of the molecule is CN(Cc1ccc(-c2nc(-c3ccccn3)cc(=O)[nH]2)cc1)Cc1cnccn1. The van der Waals surface area contributed by atoms with Crippen LogP contribution < -0.4 is 5.56 Å². The summed E-state index contributed by atoms with van der Waals surface area (Å²) >= 11 is 0. The first-order chi connectivity index (χ1) is 14.2. The Hall–Kier alpha value is -3.71. The Labute approximate surface area is 168 Å². The van der Waals surface area contributed by atoms with E-state index >= 15 is 0 Å². The lowest BCUT2D eigenvalue weighted by Crippen LogP contribution is -2.18. The van der Waals surface area contributed by atoms with Gasteiger partial charge in [-0.2, -0.15) is 0 Å². The molecule has 7 nitrogen and oxygen atoms in total. The van der Waals surface area contributed by atoms with Crippen molar-refractivity contribution in [1.82, 2.24) is 29.8 Å². The molecule has 0 aliphatic rings. The number of pyridine rings is 1. The van der Waals surface area contributed by atoms with Crippen molar-refractivity contribution in [3.05, 3.63) is 94.9 Å². The molecular formula is C22H20N6O. The highest BCUT2D eigenvalue weighted by molar-refractivity contribution is 5.60. The highest BCUT2D eigenvalue weighted by Crippen LogP contribution is 2.19. The van der Waals surface area contributed by atoms with Crippen LogP contribution in [-0.2, 0) is 13.1 Å². The first-order valence-corrected chi connectivity index (χ1v) is 9.23. The summed E-state index contributed by atoms with van der Waals surface area (Å²) in [5.41, 5.74) is 3.95. The molecule has 144 valence electrons. The molecule has 1 N–H and O–H groups in total. The van der Waals surface area contributed by atoms with Crippen LogP contribution in [0.15, 0.2) is 78.1 Å². The molecule has 0 aliphatic heterocycles. The van der Waals surface area contributed by atoms with Crippen LogP contribution in [0, 0.1) is 0 Å². The molecule has 7 heteroatoms. The molecule has 0 bridgehead atoms. The summed E-state index contributed by atoms with van der Waals surface area (Å²) < 4.78 is 0. The molecule has 3 aromatic heterocycles. The third-order valence-electron chi connectivity index (χ3n) is 4.40. The molecule has 0 saturated carbocycles. The monoisotopic (exact) mass is 384 g/mol. The molecule has 4 aromatic rings. The van der Waals surface area contributed by atoms with Crippen molar-refractivity contribution in [2.24, 2.45) is 0 Å². The van der Waals surface area contributed by atoms with Crippen molar-refractivity contribution in [2.75, 3.05) is 7.05 Å². The average molecular weight is 384 g/mol. The Morgan fingerprint density at radius 1 is 0.931 bits per heavy atom. The predicted molar refractivity (Wildman–Crippen MR) is 111 cm³/mol. The minimum absolute atomic E-state index is 0.205. The van der Waals surface area contributed by atoms with Gasteiger partial charge in [-0.05, 0) is 24.7 Å². The van der Waals surface area contributed by atoms with Crippen LogP contribution in [0.2, 0.25) is 0 Å². The van der Waals surface area contributed by atoms with Gasteiger partial charge in [-0.15, -0.1) is 0 Å². The maximum atomic E-state index is 12.1. The van der Waals surface area contributed by atoms with Crippen molar-refractivity contribution in [3.8, 4) is 22.8 Å². The van der Waals surface area contributed by atoms with Crippen molar-refractivity contribution in [2.45, 2.75) is 13.1 Å². The Morgan fingerprint density at radius 2 is 1.79 bits per heavy atom. The van der Waals surface area contributed by atoms with Gasteiger partial charge in [-0.25, -0.2) is 4.98 Å². The fourth-order valence-corrected chi connectivity index (χ4v) is 3.06. The minimum Gasteiger partial charge on any atom is -0.306 e. The molecule has 0 saturated heterocycles. The van der Waals surface area contributed by atoms with Gasteiger partial charge in [0.2, 0.25) is 0 Å². The number of benzene rings is 1. The first kappa shape index (κ1) is 18.6. The second kappa shape index (κ2) is 8.53. The van der Waals surface area contributed by atoms with E-state index in [9.17, 15) is 4.79 Å². The van der Waals surface area contributed by atoms with E-state index < -0.39 is 0 Å². The molecule has 0 unspecified atom stereocenters. The highest BCUT2D eigenvalue weighted by Gasteiger charge is 2.08. The summed E-state index contributed by atoms with van der Waals surface area (Å²) in [5, 5.41) is 0. The minimum atomic E-state index is -0.205. The van der Waals surface area contributed by atoms with Crippen LogP contribution in [-0.4, -0.2) is 36.9 Å². The maximum absolute atomic E-state index is 12.1. The van der Waals surface area contributed by atoms with Gasteiger partial charge in [0, 0.05) is 49.5 Å². The zero-order chi connectivity index (χ0) is 20.1. The van der Waals surface area contributed by atoms with Gasteiger partial charge in [-0.1, -0.05) is 30.3 Å². The molecule has 0 spiro atoms. The van der Waals surface area contributed by atoms with Crippen LogP contribution in [0.25, 0.3) is 22.8 Å². The van der Waals surface area contributed by atoms with Crippen molar-refractivity contribution in [3.63, 3.8) is 0 Å². The highest BCUT2D eigenvalue weighted by atomic mass is 16.1. The van der Waals surface area contributed by atoms with Gasteiger partial charge in [-0.3, -0.25) is 24.6 Å². The topological polar surface area (TPSA) is 87.7 Å². The van der Waals surface area contributed by atoms with Gasteiger partial charge in [0.1, 0.15) is 5.82 Å². The summed E-state index contributed by atoms with van der Waals surface area (Å²) in [7, 11) is 2.04. The Morgan fingerprint density at radius 3 is 2.52 bits per heavy atom. The van der Waals surface area contributed by atoms with E-state index in [2.05, 4.69) is 29.8 Å². The molecule has 0 radical (unpaired) electrons. The normalized spacial score (nSPS) is 11.0. The second-order valence-corrected chi connectivity index (χ2v) is 6.76. The standard InChI is InChI=1S/C22H20N6O/c1-28(15-18-13-23-10-11-24-18)14-16-5-7-17(8-6-16)22-26-20(12-21(29)27-22)19-4-2-3-9-25-19/h2-13H,14-15H2,1H3,(H,26,27,29). The lowest BCUT2D eigenvalue weighted by molar-refractivity contribution is 0.314. The Bertz CT molecular complexity index is 1130. The summed E-state index contributed by atoms with van der Waals surface area (Å²) in [4.78, 5) is 34.3. The van der Waals surface area contributed by atoms with Crippen LogP contribution in [0.1, 0.15) is 11.3 Å². The zero-order valence-corrected chi connectivity index (χ0v) is 16.0. The van der Waals surface area contributed by atoms with Gasteiger partial charge in [0.25, 0.3) is 5.56 Å². The maximum Gasteiger partial charge on any atom is 0.251 e. The first-order valence-electron chi connectivity index (χ1n) is 9.23. The third kappa shape index (κ3) is 4.77. The number of aromatic amines is 1. The number of nitrogens with zero attached hydrogens (tertiary/aromatic N) is 5. The molecule has 0 fully saturated rings. The molecule has 0 aliphatic carbocycles. The zero-order valence-electron chi connectivity index (χ0n) is 16.0. The molecular weight excluding hydrogens is 364 g/mol. The third-order valence-corrected chi connectivity index (χ3v) is 4.40. The van der Waals surface area contributed by atoms with E-state index in [1.807, 2.05) is 49.5 Å². The average Bonchev–Trinajstić information content (AvgIpc) is 2.75. The molecule has 4 rings (SSSR count). The van der Waals surface area contributed by atoms with E-state index in [4.69, 9.17) is 0 Å². The number of nitrogens with one attached hydrogen (secondary N) is 1. The van der Waals surface area contributed by atoms with E-state index in [1.165, 1.54) is 6.07 Å². The van der Waals surface area contributed by atoms with Gasteiger partial charge in [0.05, 0.1) is 17.1 Å². The molecule has 1 aromatic carbocycles. The number of H-pyrrole nitrogens is 1. The summed E-state index contributed by atoms with van der Waals surface area (Å²) in [5.74, 6) is 0.526. The number of hydrogen-bond donors (Lipinski definition) is 1. The number of hydrogen-bond acceptors (Lipinski definition) is 6. The quantitative estimate of drug-likeness (QED) is 0.550. The predicted octanol–water partition coefficient (Wildman–Crippen LogP) is 2.92. The molecule has 0 amide bonds. The van der Waals surface area contributed by atoms with Crippen LogP contribution >= 0.6 is 0 Å². The second-order valence-electron chi connectivity index (χ2n) is 6.76. The lowest BCUT2D eigenvalue weighted by Gasteiger charge is -2.16. The van der Waals surface area contributed by atoms with Crippen molar-refractivity contribution >= 4 is 0 Å². The van der Waals surface area contributed by atoms with E-state index in [1.54, 1.807) is 24.8 Å². The molecule has 3 heterocycles. The Balaban J connectivity index is 1.51. The van der Waals surface area contributed by atoms with Crippen molar-refractivity contribution < 1.29 is 0 Å². The van der Waals surface area contributed by atoms with E-state index in [-0.39, 0.29) is 5.56 Å². The smallest absolute Gasteiger partial charge is 0.251 e. The lowest BCUT2D eigenvalue weighted by atomic mass is 10.1. The Kier molecular flexibility index (Phi) is 5.49. The summed E-state index contributed by atoms with van der Waals surface area (Å²) in [6.45, 7) is 1.49. The number of rotatable bonds is 6. The molecule has 29 heavy (non-hydrogen) atoms. The van der Waals surface area contributed by atoms with Crippen molar-refractivity contribution in [1.29, 1.82) is 0 Å². The van der Waals surface area contributed by atoms with Gasteiger partial charge >= 0.3 is 0 Å². The fraction of sp³-hybridized carbons (Fsp3) is 0.136. The van der Waals surface area contributed by atoms with Gasteiger partial charge < -0.3 is 4.98 Å². The summed E-state index contributed by atoms with van der Waals surface area (Å²) in [6, 6.07) is 15.0. The molecule has 0 atom stereocenters. The van der Waals surface area contributed by atoms with E-state index in [0.29, 0.717) is 17.2 Å². The summed E-state index contributed by atoms with van der Waals surface area (Å²) in [6.07, 6.45) is 6.83. The largest absolute Gasteiger partial charge is 0.306 e.